The van der Waals surface area contributed by atoms with Crippen molar-refractivity contribution < 1.29 is 14.3 Å². The Morgan fingerprint density at radius 1 is 1.19 bits per heavy atom. The highest BCUT2D eigenvalue weighted by atomic mass is 16.5. The van der Waals surface area contributed by atoms with Gasteiger partial charge in [0.1, 0.15) is 12.4 Å². The maximum atomic E-state index is 12.1. The van der Waals surface area contributed by atoms with Gasteiger partial charge in [0.05, 0.1) is 13.2 Å². The number of hydrogen-bond acceptors (Lipinski definition) is 5. The molecule has 2 heterocycles. The van der Waals surface area contributed by atoms with Crippen LogP contribution in [0.1, 0.15) is 17.5 Å². The number of carbonyl (C=O) groups excluding carboxylic acids is 1. The maximum absolute atomic E-state index is 12.1. The molecule has 0 radical (unpaired) electrons. The molecular formula is C21H27N3O3. The van der Waals surface area contributed by atoms with Gasteiger partial charge >= 0.3 is 0 Å². The summed E-state index contributed by atoms with van der Waals surface area (Å²) in [6, 6.07) is 11.7. The molecule has 1 N–H and O–H groups in total. The summed E-state index contributed by atoms with van der Waals surface area (Å²) in [5, 5.41) is 2.98. The smallest absolute Gasteiger partial charge is 0.220 e. The molecule has 1 aromatic carbocycles. The number of amides is 1. The van der Waals surface area contributed by atoms with Crippen molar-refractivity contribution in [2.75, 3.05) is 39.5 Å². The van der Waals surface area contributed by atoms with Gasteiger partial charge in [-0.05, 0) is 24.1 Å². The summed E-state index contributed by atoms with van der Waals surface area (Å²) in [7, 11) is 0. The predicted molar refractivity (Wildman–Crippen MR) is 104 cm³/mol. The summed E-state index contributed by atoms with van der Waals surface area (Å²) in [6.45, 7) is 5.49. The lowest BCUT2D eigenvalue weighted by atomic mass is 10.1. The van der Waals surface area contributed by atoms with Gasteiger partial charge in [0.15, 0.2) is 0 Å². The Hall–Kier alpha value is -2.44. The second-order valence-electron chi connectivity index (χ2n) is 6.55. The van der Waals surface area contributed by atoms with Crippen LogP contribution in [0.3, 0.4) is 0 Å². The Morgan fingerprint density at radius 2 is 2.04 bits per heavy atom. The molecule has 6 nitrogen and oxygen atoms in total. The van der Waals surface area contributed by atoms with Crippen molar-refractivity contribution in [3.8, 4) is 5.75 Å². The fourth-order valence-corrected chi connectivity index (χ4v) is 2.99. The standard InChI is InChI=1S/C21H27N3O3/c25-21(8-7-18-4-3-9-22-16-18)23-17-19-5-1-2-6-20(19)27-15-12-24-10-13-26-14-11-24/h1-6,9,16H,7-8,10-15,17H2,(H,23,25). The molecule has 0 bridgehead atoms. The molecule has 1 amide bonds. The first kappa shape index (κ1) is 19.3. The average Bonchev–Trinajstić information content (AvgIpc) is 2.73. The maximum Gasteiger partial charge on any atom is 0.220 e. The monoisotopic (exact) mass is 369 g/mol. The number of hydrogen-bond donors (Lipinski definition) is 1. The normalized spacial score (nSPS) is 14.7. The van der Waals surface area contributed by atoms with Gasteiger partial charge in [-0.1, -0.05) is 24.3 Å². The van der Waals surface area contributed by atoms with E-state index in [0.29, 0.717) is 26.0 Å². The zero-order valence-electron chi connectivity index (χ0n) is 15.6. The van der Waals surface area contributed by atoms with Crippen LogP contribution in [0.5, 0.6) is 5.75 Å². The molecule has 0 aliphatic carbocycles. The number of carbonyl (C=O) groups is 1. The molecule has 2 aromatic rings. The minimum Gasteiger partial charge on any atom is -0.492 e. The van der Waals surface area contributed by atoms with E-state index >= 15 is 0 Å². The first-order valence-corrected chi connectivity index (χ1v) is 9.47. The van der Waals surface area contributed by atoms with Gasteiger partial charge in [0.25, 0.3) is 0 Å². The van der Waals surface area contributed by atoms with Crippen LogP contribution in [-0.4, -0.2) is 55.2 Å². The number of para-hydroxylation sites is 1. The van der Waals surface area contributed by atoms with Gasteiger partial charge in [-0.25, -0.2) is 0 Å². The molecule has 27 heavy (non-hydrogen) atoms. The topological polar surface area (TPSA) is 63.7 Å². The van der Waals surface area contributed by atoms with Gasteiger partial charge in [0.2, 0.25) is 5.91 Å². The Morgan fingerprint density at radius 3 is 2.85 bits per heavy atom. The zero-order valence-corrected chi connectivity index (χ0v) is 15.6. The second-order valence-corrected chi connectivity index (χ2v) is 6.55. The zero-order chi connectivity index (χ0) is 18.7. The minimum atomic E-state index is 0.0296. The van der Waals surface area contributed by atoms with Gasteiger partial charge in [-0.2, -0.15) is 0 Å². The van der Waals surface area contributed by atoms with Crippen molar-refractivity contribution in [1.82, 2.24) is 15.2 Å². The SMILES string of the molecule is O=C(CCc1cccnc1)NCc1ccccc1OCCN1CCOCC1. The van der Waals surface area contributed by atoms with Crippen LogP contribution in [0.4, 0.5) is 0 Å². The van der Waals surface area contributed by atoms with E-state index in [0.717, 1.165) is 49.7 Å². The van der Waals surface area contributed by atoms with Crippen LogP contribution in [0, 0.1) is 0 Å². The Kier molecular flexibility index (Phi) is 7.62. The molecular weight excluding hydrogens is 342 g/mol. The lowest BCUT2D eigenvalue weighted by Crippen LogP contribution is -2.38. The second kappa shape index (κ2) is 10.6. The summed E-state index contributed by atoms with van der Waals surface area (Å²) in [5.41, 5.74) is 2.06. The Bertz CT molecular complexity index is 703. The number of morpholine rings is 1. The Labute approximate surface area is 160 Å². The van der Waals surface area contributed by atoms with E-state index in [1.807, 2.05) is 36.4 Å². The first-order valence-electron chi connectivity index (χ1n) is 9.47. The summed E-state index contributed by atoms with van der Waals surface area (Å²) in [4.78, 5) is 18.5. The number of rotatable bonds is 9. The highest BCUT2D eigenvalue weighted by Gasteiger charge is 2.11. The number of ether oxygens (including phenoxy) is 2. The quantitative estimate of drug-likeness (QED) is 0.733. The molecule has 1 aromatic heterocycles. The van der Waals surface area contributed by atoms with E-state index in [4.69, 9.17) is 9.47 Å². The third-order valence-corrected chi connectivity index (χ3v) is 4.58. The molecule has 1 aliphatic heterocycles. The van der Waals surface area contributed by atoms with Crippen LogP contribution in [0.25, 0.3) is 0 Å². The lowest BCUT2D eigenvalue weighted by Gasteiger charge is -2.26. The highest BCUT2D eigenvalue weighted by molar-refractivity contribution is 5.76. The van der Waals surface area contributed by atoms with E-state index < -0.39 is 0 Å². The van der Waals surface area contributed by atoms with E-state index in [1.165, 1.54) is 0 Å². The largest absolute Gasteiger partial charge is 0.492 e. The number of nitrogens with one attached hydrogen (secondary N) is 1. The van der Waals surface area contributed by atoms with Crippen molar-refractivity contribution in [2.24, 2.45) is 0 Å². The minimum absolute atomic E-state index is 0.0296. The molecule has 6 heteroatoms. The number of benzene rings is 1. The van der Waals surface area contributed by atoms with Crippen molar-refractivity contribution in [3.05, 3.63) is 59.9 Å². The molecule has 144 valence electrons. The third-order valence-electron chi connectivity index (χ3n) is 4.58. The van der Waals surface area contributed by atoms with E-state index in [1.54, 1.807) is 12.4 Å². The molecule has 0 spiro atoms. The van der Waals surface area contributed by atoms with Crippen molar-refractivity contribution in [3.63, 3.8) is 0 Å². The average molecular weight is 369 g/mol. The fraction of sp³-hybridized carbons (Fsp3) is 0.429. The highest BCUT2D eigenvalue weighted by Crippen LogP contribution is 2.18. The van der Waals surface area contributed by atoms with Gasteiger partial charge in [-0.15, -0.1) is 0 Å². The molecule has 1 aliphatic rings. The van der Waals surface area contributed by atoms with E-state index in [2.05, 4.69) is 15.2 Å². The number of aromatic nitrogens is 1. The molecule has 1 saturated heterocycles. The molecule has 0 atom stereocenters. The molecule has 1 fully saturated rings. The summed E-state index contributed by atoms with van der Waals surface area (Å²) in [5.74, 6) is 0.861. The molecule has 3 rings (SSSR count). The van der Waals surface area contributed by atoms with Crippen LogP contribution in [-0.2, 0) is 22.5 Å². The summed E-state index contributed by atoms with van der Waals surface area (Å²) < 4.78 is 11.3. The molecule has 0 unspecified atom stereocenters. The van der Waals surface area contributed by atoms with Crippen molar-refractivity contribution in [1.29, 1.82) is 0 Å². The van der Waals surface area contributed by atoms with Crippen LogP contribution < -0.4 is 10.1 Å². The van der Waals surface area contributed by atoms with Gasteiger partial charge in [0, 0.05) is 50.6 Å². The summed E-state index contributed by atoms with van der Waals surface area (Å²) >= 11 is 0. The fourth-order valence-electron chi connectivity index (χ4n) is 2.99. The van der Waals surface area contributed by atoms with Crippen molar-refractivity contribution >= 4 is 5.91 Å². The number of pyridine rings is 1. The van der Waals surface area contributed by atoms with Crippen molar-refractivity contribution in [2.45, 2.75) is 19.4 Å². The lowest BCUT2D eigenvalue weighted by molar-refractivity contribution is -0.121. The third kappa shape index (κ3) is 6.66. The Balaban J connectivity index is 1.42. The predicted octanol–water partition coefficient (Wildman–Crippen LogP) is 2.04. The van der Waals surface area contributed by atoms with E-state index in [-0.39, 0.29) is 5.91 Å². The number of nitrogens with zero attached hydrogens (tertiary/aromatic N) is 2. The molecule has 0 saturated carbocycles. The van der Waals surface area contributed by atoms with Crippen LogP contribution in [0.2, 0.25) is 0 Å². The first-order chi connectivity index (χ1) is 13.3. The van der Waals surface area contributed by atoms with E-state index in [9.17, 15) is 4.79 Å². The van der Waals surface area contributed by atoms with Gasteiger partial charge < -0.3 is 14.8 Å². The number of aryl methyl sites for hydroxylation is 1. The van der Waals surface area contributed by atoms with Gasteiger partial charge in [-0.3, -0.25) is 14.7 Å². The summed E-state index contributed by atoms with van der Waals surface area (Å²) in [6.07, 6.45) is 4.67. The van der Waals surface area contributed by atoms with Crippen LogP contribution in [0.15, 0.2) is 48.8 Å². The van der Waals surface area contributed by atoms with Crippen LogP contribution >= 0.6 is 0 Å².